The summed E-state index contributed by atoms with van der Waals surface area (Å²) in [6.07, 6.45) is 0. The Morgan fingerprint density at radius 2 is 1.70 bits per heavy atom. The molecule has 0 radical (unpaired) electrons. The van der Waals surface area contributed by atoms with Crippen LogP contribution >= 0.6 is 11.6 Å². The SMILES string of the molecule is Cc1c(Cl)nnc(N2CCN(CC(C)(C)O)CC2)c1C. The van der Waals surface area contributed by atoms with Crippen LogP contribution in [0.5, 0.6) is 0 Å². The quantitative estimate of drug-likeness (QED) is 0.919. The maximum Gasteiger partial charge on any atom is 0.155 e. The average molecular weight is 299 g/mol. The third kappa shape index (κ3) is 3.59. The zero-order valence-electron chi connectivity index (χ0n) is 12.6. The molecule has 2 rings (SSSR count). The molecule has 2 heterocycles. The summed E-state index contributed by atoms with van der Waals surface area (Å²) in [5, 5.41) is 18.6. The van der Waals surface area contributed by atoms with Gasteiger partial charge < -0.3 is 10.0 Å². The second kappa shape index (κ2) is 5.84. The Balaban J connectivity index is 2.03. The summed E-state index contributed by atoms with van der Waals surface area (Å²) in [4.78, 5) is 4.52. The fourth-order valence-electron chi connectivity index (χ4n) is 2.53. The number of anilines is 1. The van der Waals surface area contributed by atoms with Gasteiger partial charge >= 0.3 is 0 Å². The van der Waals surface area contributed by atoms with Gasteiger partial charge in [0.1, 0.15) is 0 Å². The first-order valence-electron chi connectivity index (χ1n) is 6.97. The van der Waals surface area contributed by atoms with Crippen molar-refractivity contribution in [2.24, 2.45) is 0 Å². The molecule has 0 spiro atoms. The van der Waals surface area contributed by atoms with E-state index in [-0.39, 0.29) is 0 Å². The van der Waals surface area contributed by atoms with Crippen LogP contribution in [0.3, 0.4) is 0 Å². The van der Waals surface area contributed by atoms with Crippen LogP contribution in [-0.4, -0.2) is 58.5 Å². The van der Waals surface area contributed by atoms with Crippen molar-refractivity contribution in [2.75, 3.05) is 37.6 Å². The van der Waals surface area contributed by atoms with Crippen LogP contribution in [-0.2, 0) is 0 Å². The van der Waals surface area contributed by atoms with E-state index >= 15 is 0 Å². The van der Waals surface area contributed by atoms with Crippen LogP contribution in [0.2, 0.25) is 5.15 Å². The number of piperazine rings is 1. The minimum absolute atomic E-state index is 0.479. The van der Waals surface area contributed by atoms with Crippen molar-refractivity contribution in [3.05, 3.63) is 16.3 Å². The van der Waals surface area contributed by atoms with Crippen LogP contribution < -0.4 is 4.90 Å². The van der Waals surface area contributed by atoms with Crippen LogP contribution in [0.15, 0.2) is 0 Å². The normalized spacial score (nSPS) is 17.6. The number of aromatic nitrogens is 2. The van der Waals surface area contributed by atoms with Crippen molar-refractivity contribution >= 4 is 17.4 Å². The molecule has 0 aliphatic carbocycles. The second-order valence-electron chi connectivity index (χ2n) is 6.14. The Bertz CT molecular complexity index is 479. The molecule has 1 N–H and O–H groups in total. The molecular formula is C14H23ClN4O. The van der Waals surface area contributed by atoms with Crippen molar-refractivity contribution in [3.63, 3.8) is 0 Å². The van der Waals surface area contributed by atoms with Crippen LogP contribution in [0.25, 0.3) is 0 Å². The van der Waals surface area contributed by atoms with Gasteiger partial charge in [0.25, 0.3) is 0 Å². The highest BCUT2D eigenvalue weighted by atomic mass is 35.5. The van der Waals surface area contributed by atoms with Gasteiger partial charge in [-0.2, -0.15) is 0 Å². The lowest BCUT2D eigenvalue weighted by molar-refractivity contribution is 0.0344. The molecule has 0 aromatic carbocycles. The van der Waals surface area contributed by atoms with E-state index in [1.54, 1.807) is 0 Å². The molecule has 6 heteroatoms. The molecule has 1 aliphatic rings. The van der Waals surface area contributed by atoms with E-state index < -0.39 is 5.60 Å². The van der Waals surface area contributed by atoms with E-state index in [0.29, 0.717) is 11.7 Å². The van der Waals surface area contributed by atoms with Crippen molar-refractivity contribution in [1.82, 2.24) is 15.1 Å². The molecular weight excluding hydrogens is 276 g/mol. The summed E-state index contributed by atoms with van der Waals surface area (Å²) in [6, 6.07) is 0. The summed E-state index contributed by atoms with van der Waals surface area (Å²) < 4.78 is 0. The number of aliphatic hydroxyl groups is 1. The molecule has 1 fully saturated rings. The summed E-state index contributed by atoms with van der Waals surface area (Å²) in [6.45, 7) is 12.0. The van der Waals surface area contributed by atoms with Crippen LogP contribution in [0, 0.1) is 13.8 Å². The summed E-state index contributed by atoms with van der Waals surface area (Å²) in [7, 11) is 0. The maximum absolute atomic E-state index is 9.87. The van der Waals surface area contributed by atoms with Crippen LogP contribution in [0.1, 0.15) is 25.0 Å². The molecule has 5 nitrogen and oxygen atoms in total. The predicted molar refractivity (Wildman–Crippen MR) is 81.5 cm³/mol. The van der Waals surface area contributed by atoms with E-state index in [9.17, 15) is 5.11 Å². The molecule has 1 aliphatic heterocycles. The zero-order valence-corrected chi connectivity index (χ0v) is 13.4. The molecule has 0 amide bonds. The van der Waals surface area contributed by atoms with Gasteiger partial charge in [-0.15, -0.1) is 10.2 Å². The van der Waals surface area contributed by atoms with Gasteiger partial charge in [-0.1, -0.05) is 11.6 Å². The highest BCUT2D eigenvalue weighted by Gasteiger charge is 2.24. The largest absolute Gasteiger partial charge is 0.389 e. The molecule has 0 atom stereocenters. The second-order valence-corrected chi connectivity index (χ2v) is 6.50. The van der Waals surface area contributed by atoms with E-state index in [0.717, 1.165) is 43.1 Å². The Kier molecular flexibility index (Phi) is 4.52. The molecule has 1 aromatic rings. The fraction of sp³-hybridized carbons (Fsp3) is 0.714. The molecule has 1 saturated heterocycles. The van der Waals surface area contributed by atoms with Crippen molar-refractivity contribution in [2.45, 2.75) is 33.3 Å². The Hall–Kier alpha value is -0.910. The van der Waals surface area contributed by atoms with Gasteiger partial charge in [-0.3, -0.25) is 4.90 Å². The van der Waals surface area contributed by atoms with Gasteiger partial charge in [0.15, 0.2) is 11.0 Å². The number of rotatable bonds is 3. The van der Waals surface area contributed by atoms with Gasteiger partial charge in [0.2, 0.25) is 0 Å². The number of hydrogen-bond donors (Lipinski definition) is 1. The monoisotopic (exact) mass is 298 g/mol. The number of halogens is 1. The minimum Gasteiger partial charge on any atom is -0.389 e. The topological polar surface area (TPSA) is 52.5 Å². The Morgan fingerprint density at radius 3 is 2.25 bits per heavy atom. The Labute approximate surface area is 125 Å². The van der Waals surface area contributed by atoms with Crippen molar-refractivity contribution in [1.29, 1.82) is 0 Å². The van der Waals surface area contributed by atoms with Gasteiger partial charge in [-0.25, -0.2) is 0 Å². The third-order valence-electron chi connectivity index (χ3n) is 3.72. The fourth-order valence-corrected chi connectivity index (χ4v) is 2.71. The first kappa shape index (κ1) is 15.5. The highest BCUT2D eigenvalue weighted by Crippen LogP contribution is 2.24. The Morgan fingerprint density at radius 1 is 1.10 bits per heavy atom. The summed E-state index contributed by atoms with van der Waals surface area (Å²) in [5.74, 6) is 0.926. The summed E-state index contributed by atoms with van der Waals surface area (Å²) in [5.41, 5.74) is 1.45. The molecule has 0 unspecified atom stereocenters. The van der Waals surface area contributed by atoms with E-state index in [2.05, 4.69) is 20.0 Å². The predicted octanol–water partition coefficient (Wildman–Crippen LogP) is 1.64. The maximum atomic E-state index is 9.87. The number of nitrogens with zero attached hydrogens (tertiary/aromatic N) is 4. The van der Waals surface area contributed by atoms with Crippen molar-refractivity contribution in [3.8, 4) is 0 Å². The van der Waals surface area contributed by atoms with Crippen LogP contribution in [0.4, 0.5) is 5.82 Å². The van der Waals surface area contributed by atoms with Gasteiger partial charge in [0, 0.05) is 32.7 Å². The minimum atomic E-state index is -0.644. The van der Waals surface area contributed by atoms with Gasteiger partial charge in [-0.05, 0) is 38.8 Å². The van der Waals surface area contributed by atoms with Gasteiger partial charge in [0.05, 0.1) is 5.60 Å². The molecule has 112 valence electrons. The molecule has 1 aromatic heterocycles. The first-order valence-corrected chi connectivity index (χ1v) is 7.35. The number of β-amino-alcohol motifs (C(OH)–C–C–N with tert-alkyl or cyclic N) is 1. The summed E-state index contributed by atoms with van der Waals surface area (Å²) >= 11 is 5.99. The molecule has 0 bridgehead atoms. The standard InChI is InChI=1S/C14H23ClN4O/c1-10-11(2)13(17-16-12(10)15)19-7-5-18(6-8-19)9-14(3,4)20/h20H,5-9H2,1-4H3. The van der Waals surface area contributed by atoms with E-state index in [1.165, 1.54) is 0 Å². The molecule has 20 heavy (non-hydrogen) atoms. The zero-order chi connectivity index (χ0) is 14.9. The van der Waals surface area contributed by atoms with E-state index in [4.69, 9.17) is 11.6 Å². The van der Waals surface area contributed by atoms with E-state index in [1.807, 2.05) is 27.7 Å². The number of hydrogen-bond acceptors (Lipinski definition) is 5. The first-order chi connectivity index (χ1) is 9.28. The average Bonchev–Trinajstić information content (AvgIpc) is 2.36. The highest BCUT2D eigenvalue weighted by molar-refractivity contribution is 6.30. The third-order valence-corrected chi connectivity index (χ3v) is 4.08. The molecule has 0 saturated carbocycles. The lowest BCUT2D eigenvalue weighted by Gasteiger charge is -2.38. The van der Waals surface area contributed by atoms with Crippen molar-refractivity contribution < 1.29 is 5.11 Å². The lowest BCUT2D eigenvalue weighted by atomic mass is 10.1. The lowest BCUT2D eigenvalue weighted by Crippen LogP contribution is -2.50. The smallest absolute Gasteiger partial charge is 0.155 e.